The van der Waals surface area contributed by atoms with Crippen molar-refractivity contribution in [1.82, 2.24) is 19.9 Å². The van der Waals surface area contributed by atoms with Gasteiger partial charge in [0.05, 0.1) is 33.1 Å². The van der Waals surface area contributed by atoms with Crippen molar-refractivity contribution in [2.24, 2.45) is 5.10 Å². The number of ether oxygens (including phenoxy) is 3. The number of rotatable bonds is 6. The molecule has 0 atom stereocenters. The molecule has 0 spiro atoms. The zero-order valence-corrected chi connectivity index (χ0v) is 15.3. The quantitative estimate of drug-likeness (QED) is 0.530. The molecule has 0 radical (unpaired) electrons. The molecule has 2 heterocycles. The molecule has 1 aromatic carbocycles. The fourth-order valence-electron chi connectivity index (χ4n) is 2.36. The minimum absolute atomic E-state index is 0.353. The van der Waals surface area contributed by atoms with Crippen LogP contribution in [-0.2, 0) is 0 Å². The number of hydrogen-bond acceptors (Lipinski definition) is 7. The first-order valence-electron chi connectivity index (χ1n) is 7.60. The van der Waals surface area contributed by atoms with Crippen LogP contribution in [-0.4, -0.2) is 47.4 Å². The molecule has 0 bridgehead atoms. The molecule has 1 N–H and O–H groups in total. The number of benzene rings is 1. The maximum absolute atomic E-state index is 5.43. The second kappa shape index (κ2) is 7.79. The predicted octanol–water partition coefficient (Wildman–Crippen LogP) is 2.91. The van der Waals surface area contributed by atoms with Crippen molar-refractivity contribution in [3.8, 4) is 28.6 Å². The molecule has 0 aliphatic heterocycles. The summed E-state index contributed by atoms with van der Waals surface area (Å²) in [7, 11) is 4.71. The van der Waals surface area contributed by atoms with E-state index in [4.69, 9.17) is 26.4 Å². The van der Waals surface area contributed by atoms with E-state index in [2.05, 4.69) is 20.3 Å². The Hall–Kier alpha value is -3.20. The molecular weight excluding hydrogens is 354 g/mol. The van der Waals surface area contributed by atoms with Gasteiger partial charge in [0.1, 0.15) is 17.2 Å². The lowest BCUT2D eigenvalue weighted by atomic mass is 10.2. The minimum Gasteiger partial charge on any atom is -0.496 e. The average molecular weight is 371 g/mol. The van der Waals surface area contributed by atoms with E-state index in [1.165, 1.54) is 4.68 Å². The van der Waals surface area contributed by atoms with E-state index in [9.17, 15) is 0 Å². The zero-order valence-electron chi connectivity index (χ0n) is 14.5. The fraction of sp³-hybridized carbons (Fsp3) is 0.176. The van der Waals surface area contributed by atoms with Crippen LogP contribution >= 0.6 is 12.2 Å². The summed E-state index contributed by atoms with van der Waals surface area (Å²) in [5.41, 5.74) is 1.43. The van der Waals surface area contributed by atoms with Gasteiger partial charge in [0.15, 0.2) is 5.82 Å². The van der Waals surface area contributed by atoms with Gasteiger partial charge in [0.2, 0.25) is 4.77 Å². The predicted molar refractivity (Wildman–Crippen MR) is 99.7 cm³/mol. The largest absolute Gasteiger partial charge is 0.496 e. The van der Waals surface area contributed by atoms with Gasteiger partial charge in [-0.2, -0.15) is 14.9 Å². The zero-order chi connectivity index (χ0) is 18.5. The molecule has 0 aliphatic rings. The smallest absolute Gasteiger partial charge is 0.216 e. The molecule has 3 rings (SSSR count). The van der Waals surface area contributed by atoms with Crippen molar-refractivity contribution >= 4 is 18.4 Å². The molecule has 0 saturated carbocycles. The second-order valence-corrected chi connectivity index (χ2v) is 5.48. The third-order valence-corrected chi connectivity index (χ3v) is 3.89. The highest BCUT2D eigenvalue weighted by molar-refractivity contribution is 7.71. The van der Waals surface area contributed by atoms with Crippen molar-refractivity contribution in [3.05, 3.63) is 47.0 Å². The lowest BCUT2D eigenvalue weighted by Gasteiger charge is -2.12. The summed E-state index contributed by atoms with van der Waals surface area (Å²) in [4.78, 5) is 4.10. The number of aromatic nitrogens is 4. The van der Waals surface area contributed by atoms with E-state index in [1.807, 2.05) is 12.1 Å². The summed E-state index contributed by atoms with van der Waals surface area (Å²) in [5.74, 6) is 2.28. The summed E-state index contributed by atoms with van der Waals surface area (Å²) >= 11 is 5.28. The molecular formula is C17H17N5O3S. The summed E-state index contributed by atoms with van der Waals surface area (Å²) in [5, 5.41) is 11.4. The van der Waals surface area contributed by atoms with Crippen molar-refractivity contribution in [3.63, 3.8) is 0 Å². The number of H-pyrrole nitrogens is 1. The van der Waals surface area contributed by atoms with Crippen LogP contribution < -0.4 is 14.2 Å². The summed E-state index contributed by atoms with van der Waals surface area (Å²) in [6.07, 6.45) is 4.97. The van der Waals surface area contributed by atoms with E-state index >= 15 is 0 Å². The number of pyridine rings is 1. The van der Waals surface area contributed by atoms with Gasteiger partial charge in [0, 0.05) is 30.1 Å². The van der Waals surface area contributed by atoms with Crippen LogP contribution in [0.3, 0.4) is 0 Å². The molecule has 0 saturated heterocycles. The van der Waals surface area contributed by atoms with Crippen LogP contribution in [0.4, 0.5) is 0 Å². The van der Waals surface area contributed by atoms with Gasteiger partial charge in [-0.05, 0) is 24.4 Å². The molecule has 0 amide bonds. The first-order chi connectivity index (χ1) is 12.7. The Morgan fingerprint density at radius 3 is 2.46 bits per heavy atom. The van der Waals surface area contributed by atoms with E-state index < -0.39 is 0 Å². The SMILES string of the molecule is COc1cc(OC)c(/C=N\n2c(-c3cccnc3)n[nH]c2=S)c(OC)c1. The Kier molecular flexibility index (Phi) is 5.28. The highest BCUT2D eigenvalue weighted by Gasteiger charge is 2.13. The van der Waals surface area contributed by atoms with Crippen molar-refractivity contribution in [2.45, 2.75) is 0 Å². The maximum atomic E-state index is 5.43. The monoisotopic (exact) mass is 371 g/mol. The van der Waals surface area contributed by atoms with Gasteiger partial charge >= 0.3 is 0 Å². The third-order valence-electron chi connectivity index (χ3n) is 3.63. The number of nitrogens with one attached hydrogen (secondary N) is 1. The lowest BCUT2D eigenvalue weighted by Crippen LogP contribution is -2.00. The van der Waals surface area contributed by atoms with Crippen molar-refractivity contribution < 1.29 is 14.2 Å². The highest BCUT2D eigenvalue weighted by Crippen LogP contribution is 2.32. The molecule has 9 heteroatoms. The molecule has 0 aliphatic carbocycles. The molecule has 0 fully saturated rings. The van der Waals surface area contributed by atoms with Crippen LogP contribution in [0.5, 0.6) is 17.2 Å². The molecule has 8 nitrogen and oxygen atoms in total. The van der Waals surface area contributed by atoms with E-state index in [0.717, 1.165) is 5.56 Å². The Bertz CT molecular complexity index is 957. The van der Waals surface area contributed by atoms with Crippen LogP contribution in [0.2, 0.25) is 0 Å². The molecule has 134 valence electrons. The number of aromatic amines is 1. The number of methoxy groups -OCH3 is 3. The highest BCUT2D eigenvalue weighted by atomic mass is 32.1. The lowest BCUT2D eigenvalue weighted by molar-refractivity contribution is 0.374. The summed E-state index contributed by atoms with van der Waals surface area (Å²) in [6.45, 7) is 0. The van der Waals surface area contributed by atoms with Gasteiger partial charge in [-0.3, -0.25) is 4.98 Å². The number of hydrogen-bond donors (Lipinski definition) is 1. The Morgan fingerprint density at radius 1 is 1.15 bits per heavy atom. The normalized spacial score (nSPS) is 10.9. The van der Waals surface area contributed by atoms with Gasteiger partial charge in [-0.1, -0.05) is 0 Å². The van der Waals surface area contributed by atoms with E-state index in [0.29, 0.717) is 33.4 Å². The van der Waals surface area contributed by atoms with Crippen LogP contribution in [0, 0.1) is 4.77 Å². The van der Waals surface area contributed by atoms with Crippen molar-refractivity contribution in [2.75, 3.05) is 21.3 Å². The van der Waals surface area contributed by atoms with Gasteiger partial charge in [-0.15, -0.1) is 0 Å². The Balaban J connectivity index is 2.07. The van der Waals surface area contributed by atoms with Crippen LogP contribution in [0.25, 0.3) is 11.4 Å². The van der Waals surface area contributed by atoms with Crippen LogP contribution in [0.15, 0.2) is 41.8 Å². The standard InChI is InChI=1S/C17H17N5O3S/c1-23-12-7-14(24-2)13(15(8-12)25-3)10-19-22-16(20-21-17(22)26)11-5-4-6-18-9-11/h4-10H,1-3H3,(H,21,26)/b19-10-. The average Bonchev–Trinajstić information content (AvgIpc) is 3.06. The molecule has 26 heavy (non-hydrogen) atoms. The van der Waals surface area contributed by atoms with E-state index in [-0.39, 0.29) is 0 Å². The summed E-state index contributed by atoms with van der Waals surface area (Å²) < 4.78 is 18.0. The molecule has 2 aromatic heterocycles. The Morgan fingerprint density at radius 2 is 1.88 bits per heavy atom. The van der Waals surface area contributed by atoms with Crippen molar-refractivity contribution in [1.29, 1.82) is 0 Å². The number of nitrogens with zero attached hydrogens (tertiary/aromatic N) is 4. The minimum atomic E-state index is 0.353. The first-order valence-corrected chi connectivity index (χ1v) is 8.01. The molecule has 0 unspecified atom stereocenters. The first kappa shape index (κ1) is 17.6. The van der Waals surface area contributed by atoms with Gasteiger partial charge < -0.3 is 14.2 Å². The third kappa shape index (κ3) is 3.42. The second-order valence-electron chi connectivity index (χ2n) is 5.10. The van der Waals surface area contributed by atoms with Crippen LogP contribution in [0.1, 0.15) is 5.56 Å². The molecule has 3 aromatic rings. The fourth-order valence-corrected chi connectivity index (χ4v) is 2.54. The van der Waals surface area contributed by atoms with Gasteiger partial charge in [-0.25, -0.2) is 5.10 Å². The maximum Gasteiger partial charge on any atom is 0.216 e. The van der Waals surface area contributed by atoms with E-state index in [1.54, 1.807) is 52.1 Å². The summed E-state index contributed by atoms with van der Waals surface area (Å²) in [6, 6.07) is 7.19. The topological polar surface area (TPSA) is 86.5 Å². The van der Waals surface area contributed by atoms with Gasteiger partial charge in [0.25, 0.3) is 0 Å². The Labute approximate surface area is 155 Å².